The van der Waals surface area contributed by atoms with Crippen LogP contribution in [-0.4, -0.2) is 54.9 Å². The predicted octanol–water partition coefficient (Wildman–Crippen LogP) is 1.70. The van der Waals surface area contributed by atoms with Crippen LogP contribution < -0.4 is 5.32 Å². The number of carbonyl (C=O) groups excluding carboxylic acids is 1. The molecule has 1 atom stereocenters. The van der Waals surface area contributed by atoms with E-state index in [4.69, 9.17) is 4.74 Å². The molecule has 1 amide bonds. The number of ether oxygens (including phenoxy) is 1. The molecule has 1 N–H and O–H groups in total. The maximum absolute atomic E-state index is 12.8. The van der Waals surface area contributed by atoms with Crippen LogP contribution in [0.1, 0.15) is 32.6 Å². The molecule has 2 fully saturated rings. The molecule has 0 aliphatic carbocycles. The highest BCUT2D eigenvalue weighted by atomic mass is 19.4. The minimum Gasteiger partial charge on any atom is -0.365 e. The van der Waals surface area contributed by atoms with Gasteiger partial charge in [0.25, 0.3) is 5.91 Å². The lowest BCUT2D eigenvalue weighted by Gasteiger charge is -2.39. The van der Waals surface area contributed by atoms with Crippen LogP contribution in [0.4, 0.5) is 13.2 Å². The summed E-state index contributed by atoms with van der Waals surface area (Å²) in [6.45, 7) is 2.14. The second-order valence-electron chi connectivity index (χ2n) is 5.71. The second kappa shape index (κ2) is 5.89. The van der Waals surface area contributed by atoms with Crippen molar-refractivity contribution in [1.29, 1.82) is 0 Å². The normalized spacial score (nSPS) is 28.6. The van der Waals surface area contributed by atoms with E-state index >= 15 is 0 Å². The van der Waals surface area contributed by atoms with Gasteiger partial charge in [-0.1, -0.05) is 0 Å². The number of piperidine rings is 1. The Bertz CT molecular complexity index is 348. The van der Waals surface area contributed by atoms with Crippen molar-refractivity contribution >= 4 is 5.91 Å². The van der Waals surface area contributed by atoms with Crippen LogP contribution >= 0.6 is 0 Å². The summed E-state index contributed by atoms with van der Waals surface area (Å²) in [5.74, 6) is -0.515. The lowest BCUT2D eigenvalue weighted by atomic mass is 9.97. The zero-order valence-electron chi connectivity index (χ0n) is 11.6. The van der Waals surface area contributed by atoms with Crippen LogP contribution in [-0.2, 0) is 9.53 Å². The Kier molecular flexibility index (Phi) is 4.59. The Morgan fingerprint density at radius 1 is 1.40 bits per heavy atom. The monoisotopic (exact) mass is 294 g/mol. The fourth-order valence-electron chi connectivity index (χ4n) is 2.93. The van der Waals surface area contributed by atoms with Gasteiger partial charge in [0.05, 0.1) is 0 Å². The van der Waals surface area contributed by atoms with Gasteiger partial charge in [-0.2, -0.15) is 13.2 Å². The maximum atomic E-state index is 12.8. The minimum absolute atomic E-state index is 0.355. The average molecular weight is 294 g/mol. The first kappa shape index (κ1) is 15.6. The third-order valence-corrected chi connectivity index (χ3v) is 4.03. The molecular weight excluding hydrogens is 273 g/mol. The molecule has 7 heteroatoms. The van der Waals surface area contributed by atoms with E-state index in [-0.39, 0.29) is 6.04 Å². The second-order valence-corrected chi connectivity index (χ2v) is 5.71. The summed E-state index contributed by atoms with van der Waals surface area (Å²) in [7, 11) is 0. The average Bonchev–Trinajstić information content (AvgIpc) is 2.83. The number of amides is 1. The Labute approximate surface area is 116 Å². The van der Waals surface area contributed by atoms with E-state index in [1.54, 1.807) is 6.92 Å². The number of halogens is 3. The predicted molar refractivity (Wildman–Crippen MR) is 67.3 cm³/mol. The van der Waals surface area contributed by atoms with Crippen molar-refractivity contribution in [3.63, 3.8) is 0 Å². The van der Waals surface area contributed by atoms with Crippen LogP contribution in [0.3, 0.4) is 0 Å². The molecule has 2 aliphatic rings. The van der Waals surface area contributed by atoms with E-state index in [0.29, 0.717) is 45.4 Å². The molecule has 2 saturated heterocycles. The molecule has 0 saturated carbocycles. The number of nitrogens with one attached hydrogen (secondary N) is 1. The summed E-state index contributed by atoms with van der Waals surface area (Å²) in [5.41, 5.74) is -1.09. The molecule has 20 heavy (non-hydrogen) atoms. The topological polar surface area (TPSA) is 41.6 Å². The Hall–Kier alpha value is -0.820. The first-order valence-corrected chi connectivity index (χ1v) is 7.04. The SMILES string of the molecule is CC1(C(=O)N(CC(F)(F)F)C2CCNCC2)CCCO1. The van der Waals surface area contributed by atoms with Crippen LogP contribution in [0.2, 0.25) is 0 Å². The number of rotatable bonds is 3. The van der Waals surface area contributed by atoms with Crippen LogP contribution in [0.25, 0.3) is 0 Å². The molecule has 0 bridgehead atoms. The lowest BCUT2D eigenvalue weighted by molar-refractivity contribution is -0.178. The number of hydrogen-bond acceptors (Lipinski definition) is 3. The number of alkyl halides is 3. The highest BCUT2D eigenvalue weighted by molar-refractivity contribution is 5.85. The van der Waals surface area contributed by atoms with Gasteiger partial charge in [0, 0.05) is 12.6 Å². The zero-order valence-corrected chi connectivity index (χ0v) is 11.6. The summed E-state index contributed by atoms with van der Waals surface area (Å²) in [6, 6.07) is -0.355. The van der Waals surface area contributed by atoms with E-state index in [1.165, 1.54) is 0 Å². The smallest absolute Gasteiger partial charge is 0.365 e. The zero-order chi connectivity index (χ0) is 14.8. The highest BCUT2D eigenvalue weighted by Crippen LogP contribution is 2.31. The molecule has 0 aromatic carbocycles. The van der Waals surface area contributed by atoms with Crippen molar-refractivity contribution in [1.82, 2.24) is 10.2 Å². The van der Waals surface area contributed by atoms with Gasteiger partial charge < -0.3 is 15.0 Å². The Morgan fingerprint density at radius 2 is 2.05 bits per heavy atom. The fourth-order valence-corrected chi connectivity index (χ4v) is 2.93. The highest BCUT2D eigenvalue weighted by Gasteiger charge is 2.46. The molecule has 0 spiro atoms. The molecule has 0 radical (unpaired) electrons. The third-order valence-electron chi connectivity index (χ3n) is 4.03. The van der Waals surface area contributed by atoms with Gasteiger partial charge in [0.15, 0.2) is 0 Å². The molecule has 2 rings (SSSR count). The molecular formula is C13H21F3N2O2. The molecule has 4 nitrogen and oxygen atoms in total. The molecule has 0 aromatic heterocycles. The van der Waals surface area contributed by atoms with Crippen molar-refractivity contribution in [2.45, 2.75) is 50.4 Å². The summed E-state index contributed by atoms with van der Waals surface area (Å²) >= 11 is 0. The lowest BCUT2D eigenvalue weighted by Crippen LogP contribution is -2.56. The van der Waals surface area contributed by atoms with Crippen molar-refractivity contribution in [2.24, 2.45) is 0 Å². The van der Waals surface area contributed by atoms with Gasteiger partial charge in [0.1, 0.15) is 12.1 Å². The van der Waals surface area contributed by atoms with Gasteiger partial charge >= 0.3 is 6.18 Å². The summed E-state index contributed by atoms with van der Waals surface area (Å²) in [4.78, 5) is 13.5. The first-order valence-electron chi connectivity index (χ1n) is 7.04. The van der Waals surface area contributed by atoms with Gasteiger partial charge in [-0.25, -0.2) is 0 Å². The molecule has 2 heterocycles. The molecule has 2 aliphatic heterocycles. The van der Waals surface area contributed by atoms with E-state index in [2.05, 4.69) is 5.32 Å². The number of hydrogen-bond donors (Lipinski definition) is 1. The number of nitrogens with zero attached hydrogens (tertiary/aromatic N) is 1. The van der Waals surface area contributed by atoms with Crippen LogP contribution in [0, 0.1) is 0 Å². The van der Waals surface area contributed by atoms with Crippen molar-refractivity contribution in [2.75, 3.05) is 26.2 Å². The molecule has 0 aromatic rings. The van der Waals surface area contributed by atoms with Crippen LogP contribution in [0.5, 0.6) is 0 Å². The van der Waals surface area contributed by atoms with E-state index < -0.39 is 24.2 Å². The van der Waals surface area contributed by atoms with Gasteiger partial charge in [-0.3, -0.25) is 4.79 Å². The quantitative estimate of drug-likeness (QED) is 0.861. The van der Waals surface area contributed by atoms with Gasteiger partial charge in [0.2, 0.25) is 0 Å². The number of carbonyl (C=O) groups is 1. The van der Waals surface area contributed by atoms with E-state index in [0.717, 1.165) is 4.90 Å². The minimum atomic E-state index is -4.38. The third kappa shape index (κ3) is 3.63. The summed E-state index contributed by atoms with van der Waals surface area (Å²) in [5, 5.41) is 3.10. The fraction of sp³-hybridized carbons (Fsp3) is 0.923. The summed E-state index contributed by atoms with van der Waals surface area (Å²) < 4.78 is 43.8. The van der Waals surface area contributed by atoms with Crippen molar-refractivity contribution < 1.29 is 22.7 Å². The van der Waals surface area contributed by atoms with Crippen molar-refractivity contribution in [3.05, 3.63) is 0 Å². The van der Waals surface area contributed by atoms with Crippen molar-refractivity contribution in [3.8, 4) is 0 Å². The van der Waals surface area contributed by atoms with E-state index in [9.17, 15) is 18.0 Å². The van der Waals surface area contributed by atoms with Crippen LogP contribution in [0.15, 0.2) is 0 Å². The Balaban J connectivity index is 2.14. The van der Waals surface area contributed by atoms with Gasteiger partial charge in [-0.15, -0.1) is 0 Å². The van der Waals surface area contributed by atoms with E-state index in [1.807, 2.05) is 0 Å². The largest absolute Gasteiger partial charge is 0.406 e. The standard InChI is InChI=1S/C13H21F3N2O2/c1-12(5-2-8-20-12)11(19)18(9-13(14,15)16)10-3-6-17-7-4-10/h10,17H,2-9H2,1H3. The van der Waals surface area contributed by atoms with Gasteiger partial charge in [-0.05, 0) is 45.7 Å². The summed E-state index contributed by atoms with van der Waals surface area (Å²) in [6.07, 6.45) is -2.06. The maximum Gasteiger partial charge on any atom is 0.406 e. The molecule has 116 valence electrons. The Morgan fingerprint density at radius 3 is 2.55 bits per heavy atom. The molecule has 1 unspecified atom stereocenters. The first-order chi connectivity index (χ1) is 9.32.